The molecule has 1 aromatic rings. The minimum absolute atomic E-state index is 0.223. The molecular formula is C11H17Cl2NS. The lowest BCUT2D eigenvalue weighted by Gasteiger charge is -2.12. The third-order valence-corrected chi connectivity index (χ3v) is 3.58. The molecule has 1 rings (SSSR count). The second-order valence-electron chi connectivity index (χ2n) is 4.06. The van der Waals surface area contributed by atoms with E-state index in [1.54, 1.807) is 11.3 Å². The van der Waals surface area contributed by atoms with Crippen molar-refractivity contribution in [2.24, 2.45) is 5.92 Å². The number of thiophene rings is 1. The second kappa shape index (κ2) is 6.74. The maximum atomic E-state index is 6.16. The van der Waals surface area contributed by atoms with E-state index in [2.05, 4.69) is 19.2 Å². The number of hydrogen-bond donors (Lipinski definition) is 1. The fourth-order valence-electron chi connectivity index (χ4n) is 1.39. The van der Waals surface area contributed by atoms with Crippen LogP contribution in [-0.2, 0) is 6.54 Å². The van der Waals surface area contributed by atoms with E-state index in [1.165, 1.54) is 4.88 Å². The summed E-state index contributed by atoms with van der Waals surface area (Å²) in [5.74, 6) is 0.658. The lowest BCUT2D eigenvalue weighted by Crippen LogP contribution is -2.23. The smallest absolute Gasteiger partial charge is 0.0931 e. The van der Waals surface area contributed by atoms with E-state index < -0.39 is 0 Å². The van der Waals surface area contributed by atoms with Gasteiger partial charge in [0.2, 0.25) is 0 Å². The van der Waals surface area contributed by atoms with Gasteiger partial charge in [0, 0.05) is 23.3 Å². The Morgan fingerprint density at radius 2 is 2.13 bits per heavy atom. The fraction of sp³-hybridized carbons (Fsp3) is 0.636. The van der Waals surface area contributed by atoms with Crippen molar-refractivity contribution in [3.05, 3.63) is 21.3 Å². The molecule has 1 atom stereocenters. The van der Waals surface area contributed by atoms with Gasteiger partial charge in [-0.1, -0.05) is 25.4 Å². The zero-order valence-corrected chi connectivity index (χ0v) is 11.4. The number of nitrogens with one attached hydrogen (secondary N) is 1. The third-order valence-electron chi connectivity index (χ3n) is 2.02. The molecule has 0 aromatic carbocycles. The van der Waals surface area contributed by atoms with E-state index in [9.17, 15) is 0 Å². The highest BCUT2D eigenvalue weighted by Crippen LogP contribution is 2.21. The van der Waals surface area contributed by atoms with Crippen molar-refractivity contribution in [3.63, 3.8) is 0 Å². The van der Waals surface area contributed by atoms with Crippen molar-refractivity contribution in [3.8, 4) is 0 Å². The summed E-state index contributed by atoms with van der Waals surface area (Å²) in [7, 11) is 0. The first kappa shape index (κ1) is 13.3. The Balaban J connectivity index is 2.16. The van der Waals surface area contributed by atoms with Crippen LogP contribution in [0.4, 0.5) is 0 Å². The summed E-state index contributed by atoms with van der Waals surface area (Å²) >= 11 is 13.6. The lowest BCUT2D eigenvalue weighted by atomic mass is 10.1. The first-order valence-corrected chi connectivity index (χ1v) is 6.80. The molecule has 0 radical (unpaired) electrons. The summed E-state index contributed by atoms with van der Waals surface area (Å²) in [6.07, 6.45) is 1.06. The Labute approximate surface area is 106 Å². The monoisotopic (exact) mass is 265 g/mol. The largest absolute Gasteiger partial charge is 0.310 e. The zero-order chi connectivity index (χ0) is 11.3. The molecule has 1 N–H and O–H groups in total. The Hall–Kier alpha value is 0.240. The quantitative estimate of drug-likeness (QED) is 0.763. The predicted molar refractivity (Wildman–Crippen MR) is 70.1 cm³/mol. The Morgan fingerprint density at radius 1 is 1.40 bits per heavy atom. The maximum Gasteiger partial charge on any atom is 0.0931 e. The zero-order valence-electron chi connectivity index (χ0n) is 9.09. The van der Waals surface area contributed by atoms with Crippen LogP contribution < -0.4 is 5.32 Å². The molecule has 15 heavy (non-hydrogen) atoms. The van der Waals surface area contributed by atoms with E-state index in [4.69, 9.17) is 23.2 Å². The Morgan fingerprint density at radius 3 is 2.67 bits per heavy atom. The van der Waals surface area contributed by atoms with Crippen molar-refractivity contribution in [1.29, 1.82) is 0 Å². The fourth-order valence-corrected chi connectivity index (χ4v) is 2.92. The van der Waals surface area contributed by atoms with Crippen LogP contribution in [0.1, 0.15) is 25.1 Å². The Bertz CT molecular complexity index is 286. The van der Waals surface area contributed by atoms with Crippen molar-refractivity contribution >= 4 is 34.5 Å². The van der Waals surface area contributed by atoms with E-state index in [1.807, 2.05) is 12.1 Å². The molecule has 1 aromatic heterocycles. The number of rotatable bonds is 6. The van der Waals surface area contributed by atoms with Gasteiger partial charge in [-0.15, -0.1) is 22.9 Å². The average molecular weight is 266 g/mol. The highest BCUT2D eigenvalue weighted by molar-refractivity contribution is 7.16. The second-order valence-corrected chi connectivity index (χ2v) is 6.48. The topological polar surface area (TPSA) is 12.0 Å². The summed E-state index contributed by atoms with van der Waals surface area (Å²) < 4.78 is 0.844. The molecule has 0 saturated heterocycles. The van der Waals surface area contributed by atoms with Crippen LogP contribution in [0.25, 0.3) is 0 Å². The van der Waals surface area contributed by atoms with Gasteiger partial charge < -0.3 is 5.32 Å². The summed E-state index contributed by atoms with van der Waals surface area (Å²) in [6, 6.07) is 3.97. The highest BCUT2D eigenvalue weighted by atomic mass is 35.5. The molecule has 1 unspecified atom stereocenters. The first-order chi connectivity index (χ1) is 7.08. The van der Waals surface area contributed by atoms with E-state index in [0.717, 1.165) is 23.8 Å². The molecule has 0 bridgehead atoms. The van der Waals surface area contributed by atoms with Gasteiger partial charge in [0.15, 0.2) is 0 Å². The van der Waals surface area contributed by atoms with Gasteiger partial charge in [0.05, 0.1) is 4.34 Å². The van der Waals surface area contributed by atoms with Gasteiger partial charge in [-0.05, 0) is 24.5 Å². The maximum absolute atomic E-state index is 6.16. The van der Waals surface area contributed by atoms with Gasteiger partial charge in [0.1, 0.15) is 0 Å². The van der Waals surface area contributed by atoms with Crippen molar-refractivity contribution in [1.82, 2.24) is 5.32 Å². The molecule has 0 spiro atoms. The normalized spacial score (nSPS) is 13.4. The predicted octanol–water partition coefficient (Wildman–Crippen LogP) is 4.14. The van der Waals surface area contributed by atoms with Crippen molar-refractivity contribution in [2.75, 3.05) is 6.54 Å². The van der Waals surface area contributed by atoms with Gasteiger partial charge in [0.25, 0.3) is 0 Å². The number of alkyl halides is 1. The van der Waals surface area contributed by atoms with E-state index >= 15 is 0 Å². The molecular weight excluding hydrogens is 249 g/mol. The molecule has 1 nitrogen and oxygen atoms in total. The van der Waals surface area contributed by atoms with E-state index in [0.29, 0.717) is 5.92 Å². The molecule has 4 heteroatoms. The molecule has 0 amide bonds. The third kappa shape index (κ3) is 5.76. The highest BCUT2D eigenvalue weighted by Gasteiger charge is 2.06. The Kier molecular flexibility index (Phi) is 5.98. The van der Waals surface area contributed by atoms with Crippen LogP contribution in [0, 0.1) is 5.92 Å². The van der Waals surface area contributed by atoms with Crippen molar-refractivity contribution in [2.45, 2.75) is 32.2 Å². The number of hydrogen-bond acceptors (Lipinski definition) is 2. The minimum atomic E-state index is 0.223. The minimum Gasteiger partial charge on any atom is -0.310 e. The lowest BCUT2D eigenvalue weighted by molar-refractivity contribution is 0.534. The molecule has 1 heterocycles. The van der Waals surface area contributed by atoms with Crippen LogP contribution in [0.2, 0.25) is 4.34 Å². The van der Waals surface area contributed by atoms with Crippen molar-refractivity contribution < 1.29 is 0 Å². The first-order valence-electron chi connectivity index (χ1n) is 5.17. The average Bonchev–Trinajstić information content (AvgIpc) is 2.50. The van der Waals surface area contributed by atoms with Gasteiger partial charge in [-0.25, -0.2) is 0 Å². The van der Waals surface area contributed by atoms with Crippen LogP contribution in [0.15, 0.2) is 12.1 Å². The standard InChI is InChI=1S/C11H17Cl2NS/c1-8(2)5-9(12)6-14-7-10-3-4-11(13)15-10/h3-4,8-9,14H,5-7H2,1-2H3. The summed E-state index contributed by atoms with van der Waals surface area (Å²) in [6.45, 7) is 6.09. The SMILES string of the molecule is CC(C)CC(Cl)CNCc1ccc(Cl)s1. The molecule has 0 aliphatic carbocycles. The summed E-state index contributed by atoms with van der Waals surface area (Å²) in [4.78, 5) is 1.26. The summed E-state index contributed by atoms with van der Waals surface area (Å²) in [5.41, 5.74) is 0. The summed E-state index contributed by atoms with van der Waals surface area (Å²) in [5, 5.41) is 3.56. The molecule has 0 aliphatic rings. The van der Waals surface area contributed by atoms with Crippen LogP contribution in [0.5, 0.6) is 0 Å². The molecule has 86 valence electrons. The van der Waals surface area contributed by atoms with Gasteiger partial charge in [-0.3, -0.25) is 0 Å². The van der Waals surface area contributed by atoms with Gasteiger partial charge >= 0.3 is 0 Å². The van der Waals surface area contributed by atoms with Crippen LogP contribution in [-0.4, -0.2) is 11.9 Å². The molecule has 0 aliphatic heterocycles. The molecule has 0 saturated carbocycles. The molecule has 0 fully saturated rings. The van der Waals surface area contributed by atoms with Crippen LogP contribution >= 0.6 is 34.5 Å². The van der Waals surface area contributed by atoms with Gasteiger partial charge in [-0.2, -0.15) is 0 Å². The van der Waals surface area contributed by atoms with E-state index in [-0.39, 0.29) is 5.38 Å². The van der Waals surface area contributed by atoms with Crippen LogP contribution in [0.3, 0.4) is 0 Å². The number of halogens is 2.